The Kier molecular flexibility index (Phi) is 7.40. The zero-order valence-corrected chi connectivity index (χ0v) is 12.9. The van der Waals surface area contributed by atoms with Crippen molar-refractivity contribution in [3.63, 3.8) is 0 Å². The van der Waals surface area contributed by atoms with Gasteiger partial charge in [-0.25, -0.2) is 0 Å². The topological polar surface area (TPSA) is 72.2 Å². The zero-order valence-electron chi connectivity index (χ0n) is 12.1. The second kappa shape index (κ2) is 8.80. The Morgan fingerprint density at radius 3 is 2.52 bits per heavy atom. The van der Waals surface area contributed by atoms with Crippen molar-refractivity contribution < 1.29 is 9.59 Å². The molecule has 1 aromatic carbocycles. The molecule has 2 unspecified atom stereocenters. The van der Waals surface area contributed by atoms with Crippen molar-refractivity contribution in [3.8, 4) is 0 Å². The lowest BCUT2D eigenvalue weighted by molar-refractivity contribution is -0.122. The molecule has 1 saturated carbocycles. The highest BCUT2D eigenvalue weighted by atomic mass is 35.5. The van der Waals surface area contributed by atoms with Crippen LogP contribution in [0.5, 0.6) is 0 Å². The number of amides is 1. The summed E-state index contributed by atoms with van der Waals surface area (Å²) in [5.74, 6) is 0.367. The summed E-state index contributed by atoms with van der Waals surface area (Å²) >= 11 is 0. The predicted octanol–water partition coefficient (Wildman–Crippen LogP) is 2.31. The van der Waals surface area contributed by atoms with Gasteiger partial charge in [-0.05, 0) is 25.3 Å². The predicted molar refractivity (Wildman–Crippen MR) is 85.6 cm³/mol. The number of hydrogen-bond acceptors (Lipinski definition) is 3. The first-order valence-electron chi connectivity index (χ1n) is 7.28. The van der Waals surface area contributed by atoms with E-state index >= 15 is 0 Å². The van der Waals surface area contributed by atoms with Crippen molar-refractivity contribution in [2.45, 2.75) is 38.1 Å². The molecule has 1 amide bonds. The van der Waals surface area contributed by atoms with Gasteiger partial charge in [0.05, 0.1) is 0 Å². The summed E-state index contributed by atoms with van der Waals surface area (Å²) in [6.07, 6.45) is 3.72. The minimum atomic E-state index is -0.0420. The number of nitrogens with two attached hydrogens (primary N) is 1. The van der Waals surface area contributed by atoms with Crippen LogP contribution in [0.3, 0.4) is 0 Å². The third-order valence-corrected chi connectivity index (χ3v) is 3.98. The quantitative estimate of drug-likeness (QED) is 0.792. The summed E-state index contributed by atoms with van der Waals surface area (Å²) in [6, 6.07) is 9.29. The van der Waals surface area contributed by atoms with Gasteiger partial charge in [0.2, 0.25) is 5.91 Å². The van der Waals surface area contributed by atoms with Crippen molar-refractivity contribution in [2.75, 3.05) is 6.54 Å². The Hall–Kier alpha value is -1.39. The molecule has 0 saturated heterocycles. The van der Waals surface area contributed by atoms with Crippen LogP contribution in [0.15, 0.2) is 30.3 Å². The van der Waals surface area contributed by atoms with Crippen molar-refractivity contribution >= 4 is 24.1 Å². The van der Waals surface area contributed by atoms with Gasteiger partial charge in [0.15, 0.2) is 5.78 Å². The maximum atomic E-state index is 11.9. The molecule has 0 bridgehead atoms. The fourth-order valence-electron chi connectivity index (χ4n) is 2.78. The van der Waals surface area contributed by atoms with Gasteiger partial charge >= 0.3 is 0 Å². The number of ketones is 1. The van der Waals surface area contributed by atoms with E-state index in [2.05, 4.69) is 5.32 Å². The van der Waals surface area contributed by atoms with Gasteiger partial charge in [-0.1, -0.05) is 36.8 Å². The van der Waals surface area contributed by atoms with Crippen molar-refractivity contribution in [2.24, 2.45) is 11.7 Å². The van der Waals surface area contributed by atoms with Gasteiger partial charge < -0.3 is 11.1 Å². The molecule has 0 heterocycles. The normalized spacial score (nSPS) is 20.6. The average Bonchev–Trinajstić information content (AvgIpc) is 2.92. The van der Waals surface area contributed by atoms with Gasteiger partial charge in [0, 0.05) is 24.4 Å². The summed E-state index contributed by atoms with van der Waals surface area (Å²) in [5, 5.41) is 3.02. The molecule has 4 nitrogen and oxygen atoms in total. The third kappa shape index (κ3) is 5.14. The highest BCUT2D eigenvalue weighted by Crippen LogP contribution is 2.24. The Labute approximate surface area is 131 Å². The Bertz CT molecular complexity index is 465. The number of carbonyl (C=O) groups excluding carboxylic acids is 2. The second-order valence-corrected chi connectivity index (χ2v) is 5.39. The molecular weight excluding hydrogens is 288 g/mol. The molecule has 1 aliphatic rings. The smallest absolute Gasteiger partial charge is 0.220 e. The number of nitrogens with one attached hydrogen (secondary N) is 1. The minimum Gasteiger partial charge on any atom is -0.353 e. The lowest BCUT2D eigenvalue weighted by Crippen LogP contribution is -2.39. The van der Waals surface area contributed by atoms with E-state index in [-0.39, 0.29) is 43.0 Å². The molecule has 0 radical (unpaired) electrons. The molecule has 2 rings (SSSR count). The van der Waals surface area contributed by atoms with E-state index in [9.17, 15) is 9.59 Å². The molecule has 0 aliphatic heterocycles. The fourth-order valence-corrected chi connectivity index (χ4v) is 2.78. The SMILES string of the molecule is Cl.NCC1CCCC1NC(=O)CCC(=O)c1ccccc1. The summed E-state index contributed by atoms with van der Waals surface area (Å²) < 4.78 is 0. The first-order chi connectivity index (χ1) is 9.70. The highest BCUT2D eigenvalue weighted by Gasteiger charge is 2.27. The molecule has 1 fully saturated rings. The lowest BCUT2D eigenvalue weighted by Gasteiger charge is -2.19. The van der Waals surface area contributed by atoms with Crippen LogP contribution in [0.4, 0.5) is 0 Å². The molecule has 1 aliphatic carbocycles. The Balaban J connectivity index is 0.00000220. The first-order valence-corrected chi connectivity index (χ1v) is 7.28. The summed E-state index contributed by atoms with van der Waals surface area (Å²) in [5.41, 5.74) is 6.36. The summed E-state index contributed by atoms with van der Waals surface area (Å²) in [7, 11) is 0. The van der Waals surface area contributed by atoms with Crippen LogP contribution in [0.1, 0.15) is 42.5 Å². The van der Waals surface area contributed by atoms with Crippen LogP contribution >= 0.6 is 12.4 Å². The van der Waals surface area contributed by atoms with Crippen LogP contribution < -0.4 is 11.1 Å². The molecular formula is C16H23ClN2O2. The van der Waals surface area contributed by atoms with Gasteiger partial charge in [0.1, 0.15) is 0 Å². The number of carbonyl (C=O) groups is 2. The Morgan fingerprint density at radius 2 is 1.86 bits per heavy atom. The number of benzene rings is 1. The van der Waals surface area contributed by atoms with E-state index in [0.717, 1.165) is 19.3 Å². The minimum absolute atomic E-state index is 0. The van der Waals surface area contributed by atoms with E-state index in [1.54, 1.807) is 12.1 Å². The maximum Gasteiger partial charge on any atom is 0.220 e. The molecule has 0 aromatic heterocycles. The van der Waals surface area contributed by atoms with Crippen LogP contribution in [-0.4, -0.2) is 24.3 Å². The number of halogens is 1. The van der Waals surface area contributed by atoms with E-state index in [1.807, 2.05) is 18.2 Å². The number of Topliss-reactive ketones (excluding diaryl/α,β-unsaturated/α-hetero) is 1. The van der Waals surface area contributed by atoms with Crippen LogP contribution in [0.2, 0.25) is 0 Å². The molecule has 5 heteroatoms. The summed E-state index contributed by atoms with van der Waals surface area (Å²) in [4.78, 5) is 23.8. The zero-order chi connectivity index (χ0) is 14.4. The van der Waals surface area contributed by atoms with E-state index in [0.29, 0.717) is 18.0 Å². The van der Waals surface area contributed by atoms with Crippen LogP contribution in [0, 0.1) is 5.92 Å². The summed E-state index contributed by atoms with van der Waals surface area (Å²) in [6.45, 7) is 0.619. The second-order valence-electron chi connectivity index (χ2n) is 5.39. The Morgan fingerprint density at radius 1 is 1.14 bits per heavy atom. The van der Waals surface area contributed by atoms with Crippen molar-refractivity contribution in [3.05, 3.63) is 35.9 Å². The first kappa shape index (κ1) is 17.7. The fraction of sp³-hybridized carbons (Fsp3) is 0.500. The van der Waals surface area contributed by atoms with Crippen molar-refractivity contribution in [1.29, 1.82) is 0 Å². The van der Waals surface area contributed by atoms with Gasteiger partial charge in [-0.2, -0.15) is 0 Å². The van der Waals surface area contributed by atoms with E-state index in [1.165, 1.54) is 0 Å². The maximum absolute atomic E-state index is 11.9. The van der Waals surface area contributed by atoms with Crippen LogP contribution in [0.25, 0.3) is 0 Å². The van der Waals surface area contributed by atoms with Gasteiger partial charge in [0.25, 0.3) is 0 Å². The molecule has 3 N–H and O–H groups in total. The van der Waals surface area contributed by atoms with E-state index in [4.69, 9.17) is 5.73 Å². The largest absolute Gasteiger partial charge is 0.353 e. The van der Waals surface area contributed by atoms with E-state index < -0.39 is 0 Å². The highest BCUT2D eigenvalue weighted by molar-refractivity contribution is 5.97. The van der Waals surface area contributed by atoms with Crippen LogP contribution in [-0.2, 0) is 4.79 Å². The van der Waals surface area contributed by atoms with Gasteiger partial charge in [-0.15, -0.1) is 12.4 Å². The van der Waals surface area contributed by atoms with Gasteiger partial charge in [-0.3, -0.25) is 9.59 Å². The molecule has 21 heavy (non-hydrogen) atoms. The number of rotatable bonds is 6. The molecule has 116 valence electrons. The average molecular weight is 311 g/mol. The molecule has 0 spiro atoms. The monoisotopic (exact) mass is 310 g/mol. The molecule has 1 aromatic rings. The number of hydrogen-bond donors (Lipinski definition) is 2. The van der Waals surface area contributed by atoms with Crippen molar-refractivity contribution in [1.82, 2.24) is 5.32 Å². The third-order valence-electron chi connectivity index (χ3n) is 3.98. The standard InChI is InChI=1S/C16H22N2O2.ClH/c17-11-13-7-4-8-14(13)18-16(20)10-9-15(19)12-5-2-1-3-6-12;/h1-3,5-6,13-14H,4,7-11,17H2,(H,18,20);1H. The lowest BCUT2D eigenvalue weighted by atomic mass is 10.0. The molecule has 2 atom stereocenters.